The summed E-state index contributed by atoms with van der Waals surface area (Å²) in [6, 6.07) is 16.7. The van der Waals surface area contributed by atoms with Crippen LogP contribution in [0.3, 0.4) is 0 Å². The maximum absolute atomic E-state index is 4.84. The van der Waals surface area contributed by atoms with Crippen LogP contribution in [0.25, 0.3) is 11.1 Å². The Morgan fingerprint density at radius 2 is 1.76 bits per heavy atom. The molecule has 0 radical (unpaired) electrons. The molecule has 0 fully saturated rings. The van der Waals surface area contributed by atoms with E-state index in [1.165, 1.54) is 36.8 Å². The van der Waals surface area contributed by atoms with Crippen LogP contribution in [0.15, 0.2) is 53.5 Å². The molecule has 2 aromatic carbocycles. The zero-order valence-corrected chi connectivity index (χ0v) is 13.3. The summed E-state index contributed by atoms with van der Waals surface area (Å²) in [6.45, 7) is 2.23. The molecule has 0 N–H and O–H groups in total. The lowest BCUT2D eigenvalue weighted by molar-refractivity contribution is 0.667. The van der Waals surface area contributed by atoms with Gasteiger partial charge in [-0.05, 0) is 36.2 Å². The Morgan fingerprint density at radius 1 is 0.952 bits per heavy atom. The molecule has 1 nitrogen and oxygen atoms in total. The molecular weight excluding hydrogens is 274 g/mol. The van der Waals surface area contributed by atoms with Gasteiger partial charge in [0.25, 0.3) is 0 Å². The fourth-order valence-electron chi connectivity index (χ4n) is 2.56. The van der Waals surface area contributed by atoms with E-state index in [9.17, 15) is 0 Å². The molecule has 2 aromatic rings. The van der Waals surface area contributed by atoms with Crippen molar-refractivity contribution in [3.05, 3.63) is 54.1 Å². The molecule has 0 aliphatic rings. The summed E-state index contributed by atoms with van der Waals surface area (Å²) < 4.78 is 0. The third-order valence-electron chi connectivity index (χ3n) is 3.66. The van der Waals surface area contributed by atoms with Gasteiger partial charge in [0, 0.05) is 5.56 Å². The van der Waals surface area contributed by atoms with Crippen molar-refractivity contribution in [2.45, 2.75) is 39.0 Å². The molecule has 0 aliphatic carbocycles. The van der Waals surface area contributed by atoms with Gasteiger partial charge in [0.1, 0.15) is 0 Å². The van der Waals surface area contributed by atoms with Gasteiger partial charge in [0.05, 0.1) is 10.8 Å². The summed E-state index contributed by atoms with van der Waals surface area (Å²) in [6.07, 6.45) is 6.08. The fourth-order valence-corrected chi connectivity index (χ4v) is 2.65. The van der Waals surface area contributed by atoms with Gasteiger partial charge in [0.2, 0.25) is 0 Å². The Labute approximate surface area is 132 Å². The van der Waals surface area contributed by atoms with Crippen molar-refractivity contribution in [3.8, 4) is 11.1 Å². The number of unbranched alkanes of at least 4 members (excludes halogenated alkanes) is 3. The number of hydrogen-bond donors (Lipinski definition) is 0. The topological polar surface area (TPSA) is 12.4 Å². The van der Waals surface area contributed by atoms with Gasteiger partial charge < -0.3 is 0 Å². The molecule has 2 rings (SSSR count). The van der Waals surface area contributed by atoms with Crippen LogP contribution in [0.4, 0.5) is 5.69 Å². The molecule has 0 saturated heterocycles. The molecule has 0 spiro atoms. The first kappa shape index (κ1) is 15.6. The summed E-state index contributed by atoms with van der Waals surface area (Å²) in [7, 11) is 0. The van der Waals surface area contributed by atoms with Crippen LogP contribution >= 0.6 is 12.2 Å². The van der Waals surface area contributed by atoms with Crippen molar-refractivity contribution < 1.29 is 0 Å². The normalized spacial score (nSPS) is 10.1. The predicted octanol–water partition coefficient (Wildman–Crippen LogP) is 6.21. The molecule has 0 amide bonds. The van der Waals surface area contributed by atoms with Gasteiger partial charge in [-0.1, -0.05) is 74.7 Å². The van der Waals surface area contributed by atoms with Crippen molar-refractivity contribution in [3.63, 3.8) is 0 Å². The monoisotopic (exact) mass is 295 g/mol. The van der Waals surface area contributed by atoms with Crippen LogP contribution in [-0.4, -0.2) is 5.16 Å². The fraction of sp³-hybridized carbons (Fsp3) is 0.316. The number of thiocarbonyl (C=S) groups is 1. The number of aliphatic imine (C=N–C) groups is 1. The van der Waals surface area contributed by atoms with Crippen LogP contribution in [0, 0.1) is 0 Å². The molecule has 0 bridgehead atoms. The number of hydrogen-bond acceptors (Lipinski definition) is 2. The Balaban J connectivity index is 2.31. The summed E-state index contributed by atoms with van der Waals surface area (Å²) in [5.41, 5.74) is 4.57. The predicted molar refractivity (Wildman–Crippen MR) is 94.4 cm³/mol. The van der Waals surface area contributed by atoms with Gasteiger partial charge in [-0.3, -0.25) is 0 Å². The second-order valence-electron chi connectivity index (χ2n) is 5.19. The Morgan fingerprint density at radius 3 is 2.48 bits per heavy atom. The molecule has 0 aromatic heterocycles. The zero-order chi connectivity index (χ0) is 14.9. The van der Waals surface area contributed by atoms with E-state index in [1.807, 2.05) is 18.2 Å². The molecule has 108 valence electrons. The average molecular weight is 295 g/mol. The van der Waals surface area contributed by atoms with E-state index in [2.05, 4.69) is 47.4 Å². The van der Waals surface area contributed by atoms with Crippen molar-refractivity contribution in [1.29, 1.82) is 0 Å². The number of isothiocyanates is 1. The molecule has 0 heterocycles. The molecule has 0 saturated carbocycles. The highest BCUT2D eigenvalue weighted by Crippen LogP contribution is 2.34. The van der Waals surface area contributed by atoms with E-state index in [0.717, 1.165) is 17.7 Å². The minimum absolute atomic E-state index is 0.982. The van der Waals surface area contributed by atoms with Crippen molar-refractivity contribution >= 4 is 23.1 Å². The standard InChI is InChI=1S/C19H21NS/c1-2-3-4-6-12-17-13-9-14-18(19(17)20-15-21)16-10-7-5-8-11-16/h5,7-11,13-14H,2-4,6,12H2,1H3. The van der Waals surface area contributed by atoms with Crippen LogP contribution in [0.1, 0.15) is 38.2 Å². The SMILES string of the molecule is CCCCCCc1cccc(-c2ccccc2)c1N=C=S. The smallest absolute Gasteiger partial charge is 0.0849 e. The largest absolute Gasteiger partial charge is 0.194 e. The molecular formula is C19H21NS. The molecule has 2 heteroatoms. The summed E-state index contributed by atoms with van der Waals surface area (Å²) in [4.78, 5) is 4.35. The molecule has 0 aliphatic heterocycles. The zero-order valence-electron chi connectivity index (χ0n) is 12.5. The van der Waals surface area contributed by atoms with Crippen LogP contribution in [0.5, 0.6) is 0 Å². The van der Waals surface area contributed by atoms with E-state index >= 15 is 0 Å². The number of aryl methyl sites for hydroxylation is 1. The Kier molecular flexibility index (Phi) is 6.33. The van der Waals surface area contributed by atoms with Crippen LogP contribution in [-0.2, 0) is 6.42 Å². The van der Waals surface area contributed by atoms with Gasteiger partial charge in [-0.15, -0.1) is 0 Å². The third kappa shape index (κ3) is 4.35. The number of benzene rings is 2. The highest BCUT2D eigenvalue weighted by molar-refractivity contribution is 7.78. The van der Waals surface area contributed by atoms with Gasteiger partial charge in [-0.25, -0.2) is 0 Å². The first-order valence-corrected chi connectivity index (χ1v) is 8.02. The minimum atomic E-state index is 0.982. The van der Waals surface area contributed by atoms with Gasteiger partial charge >= 0.3 is 0 Å². The van der Waals surface area contributed by atoms with Crippen LogP contribution < -0.4 is 0 Å². The maximum atomic E-state index is 4.84. The van der Waals surface area contributed by atoms with E-state index in [0.29, 0.717) is 0 Å². The second kappa shape index (κ2) is 8.51. The lowest BCUT2D eigenvalue weighted by Gasteiger charge is -2.10. The van der Waals surface area contributed by atoms with Crippen LogP contribution in [0.2, 0.25) is 0 Å². The van der Waals surface area contributed by atoms with E-state index in [4.69, 9.17) is 12.2 Å². The average Bonchev–Trinajstić information content (AvgIpc) is 2.54. The highest BCUT2D eigenvalue weighted by Gasteiger charge is 2.09. The van der Waals surface area contributed by atoms with Gasteiger partial charge in [-0.2, -0.15) is 4.99 Å². The molecule has 0 atom stereocenters. The molecule has 0 unspecified atom stereocenters. The van der Waals surface area contributed by atoms with Crippen molar-refractivity contribution in [2.75, 3.05) is 0 Å². The van der Waals surface area contributed by atoms with E-state index < -0.39 is 0 Å². The minimum Gasteiger partial charge on any atom is -0.194 e. The number of para-hydroxylation sites is 1. The third-order valence-corrected chi connectivity index (χ3v) is 3.75. The van der Waals surface area contributed by atoms with E-state index in [-0.39, 0.29) is 0 Å². The lowest BCUT2D eigenvalue weighted by atomic mass is 9.97. The Bertz CT molecular complexity index is 613. The Hall–Kier alpha value is -1.76. The molecule has 21 heavy (non-hydrogen) atoms. The summed E-state index contributed by atoms with van der Waals surface area (Å²) in [5.74, 6) is 0. The summed E-state index contributed by atoms with van der Waals surface area (Å²) in [5, 5.41) is 2.54. The lowest BCUT2D eigenvalue weighted by Crippen LogP contribution is -1.89. The van der Waals surface area contributed by atoms with Crippen molar-refractivity contribution in [1.82, 2.24) is 0 Å². The maximum Gasteiger partial charge on any atom is 0.0849 e. The van der Waals surface area contributed by atoms with Crippen molar-refractivity contribution in [2.24, 2.45) is 4.99 Å². The quantitative estimate of drug-likeness (QED) is 0.336. The summed E-state index contributed by atoms with van der Waals surface area (Å²) >= 11 is 4.84. The number of rotatable bonds is 7. The first-order chi connectivity index (χ1) is 10.4. The number of nitrogens with zero attached hydrogens (tertiary/aromatic N) is 1. The van der Waals surface area contributed by atoms with Gasteiger partial charge in [0.15, 0.2) is 0 Å². The second-order valence-corrected chi connectivity index (χ2v) is 5.38. The van der Waals surface area contributed by atoms with E-state index in [1.54, 1.807) is 0 Å². The highest BCUT2D eigenvalue weighted by atomic mass is 32.1. The first-order valence-electron chi connectivity index (χ1n) is 7.62.